The highest BCUT2D eigenvalue weighted by atomic mass is 35.5. The average Bonchev–Trinajstić information content (AvgIpc) is 2.41. The van der Waals surface area contributed by atoms with Gasteiger partial charge in [0.2, 0.25) is 0 Å². The van der Waals surface area contributed by atoms with Crippen molar-refractivity contribution in [1.29, 1.82) is 0 Å². The van der Waals surface area contributed by atoms with Gasteiger partial charge in [0.1, 0.15) is 5.82 Å². The van der Waals surface area contributed by atoms with E-state index in [0.29, 0.717) is 16.1 Å². The van der Waals surface area contributed by atoms with Gasteiger partial charge < -0.3 is 10.5 Å². The molecule has 0 fully saturated rings. The molecule has 2 aromatic carbocycles. The lowest BCUT2D eigenvalue weighted by Crippen LogP contribution is -2.14. The van der Waals surface area contributed by atoms with Gasteiger partial charge >= 0.3 is 0 Å². The Bertz CT molecular complexity index is 619. The zero-order valence-corrected chi connectivity index (χ0v) is 11.6. The number of halogens is 3. The van der Waals surface area contributed by atoms with Crippen molar-refractivity contribution in [3.05, 3.63) is 64.2 Å². The van der Waals surface area contributed by atoms with E-state index < -0.39 is 17.7 Å². The number of methoxy groups -OCH3 is 1. The van der Waals surface area contributed by atoms with Crippen LogP contribution in [0.2, 0.25) is 5.02 Å². The Morgan fingerprint density at radius 3 is 2.50 bits per heavy atom. The van der Waals surface area contributed by atoms with Gasteiger partial charge in [0.05, 0.1) is 7.11 Å². The molecule has 0 amide bonds. The first-order valence-corrected chi connectivity index (χ1v) is 6.42. The summed E-state index contributed by atoms with van der Waals surface area (Å²) in [6.07, 6.45) is 0.259. The van der Waals surface area contributed by atoms with Crippen molar-refractivity contribution < 1.29 is 13.5 Å². The Morgan fingerprint density at radius 2 is 1.90 bits per heavy atom. The Balaban J connectivity index is 2.19. The maximum absolute atomic E-state index is 13.7. The molecule has 0 radical (unpaired) electrons. The molecule has 20 heavy (non-hydrogen) atoms. The molecule has 0 aliphatic carbocycles. The fraction of sp³-hybridized carbons (Fsp3) is 0.200. The molecule has 2 aromatic rings. The highest BCUT2D eigenvalue weighted by molar-refractivity contribution is 6.30. The van der Waals surface area contributed by atoms with Gasteiger partial charge in [-0.15, -0.1) is 0 Å². The fourth-order valence-corrected chi connectivity index (χ4v) is 2.11. The third-order valence-electron chi connectivity index (χ3n) is 3.06. The van der Waals surface area contributed by atoms with E-state index in [9.17, 15) is 8.78 Å². The minimum atomic E-state index is -0.508. The molecular weight excluding hydrogens is 284 g/mol. The van der Waals surface area contributed by atoms with Crippen LogP contribution in [0.4, 0.5) is 8.78 Å². The van der Waals surface area contributed by atoms with E-state index in [0.717, 1.165) is 0 Å². The van der Waals surface area contributed by atoms with E-state index in [-0.39, 0.29) is 12.2 Å². The van der Waals surface area contributed by atoms with Crippen LogP contribution < -0.4 is 10.5 Å². The van der Waals surface area contributed by atoms with Crippen LogP contribution in [0.25, 0.3) is 0 Å². The molecule has 0 saturated carbocycles. The van der Waals surface area contributed by atoms with Crippen molar-refractivity contribution in [2.45, 2.75) is 12.5 Å². The van der Waals surface area contributed by atoms with Gasteiger partial charge in [-0.25, -0.2) is 8.78 Å². The van der Waals surface area contributed by atoms with E-state index in [2.05, 4.69) is 0 Å². The lowest BCUT2D eigenvalue weighted by atomic mass is 9.99. The van der Waals surface area contributed by atoms with Gasteiger partial charge in [-0.1, -0.05) is 23.7 Å². The molecule has 1 unspecified atom stereocenters. The third-order valence-corrected chi connectivity index (χ3v) is 3.29. The number of nitrogens with two attached hydrogens (primary N) is 1. The van der Waals surface area contributed by atoms with Gasteiger partial charge in [0, 0.05) is 11.1 Å². The van der Waals surface area contributed by atoms with Crippen LogP contribution in [-0.4, -0.2) is 7.11 Å². The second-order valence-corrected chi connectivity index (χ2v) is 4.88. The zero-order valence-electron chi connectivity index (χ0n) is 10.9. The monoisotopic (exact) mass is 297 g/mol. The molecule has 0 saturated heterocycles. The third kappa shape index (κ3) is 3.26. The molecule has 2 N–H and O–H groups in total. The predicted octanol–water partition coefficient (Wildman–Crippen LogP) is 3.87. The highest BCUT2D eigenvalue weighted by Gasteiger charge is 2.13. The van der Waals surface area contributed by atoms with Crippen LogP contribution in [0.5, 0.6) is 5.75 Å². The largest absolute Gasteiger partial charge is 0.494 e. The number of rotatable bonds is 4. The Labute approximate surface area is 121 Å². The summed E-state index contributed by atoms with van der Waals surface area (Å²) in [5.41, 5.74) is 7.01. The molecule has 0 bridgehead atoms. The molecule has 0 aliphatic heterocycles. The molecule has 0 aromatic heterocycles. The van der Waals surface area contributed by atoms with Crippen molar-refractivity contribution in [2.24, 2.45) is 5.73 Å². The van der Waals surface area contributed by atoms with Crippen molar-refractivity contribution in [3.8, 4) is 5.75 Å². The Morgan fingerprint density at radius 1 is 1.15 bits per heavy atom. The Kier molecular flexibility index (Phi) is 4.57. The molecule has 5 heteroatoms. The number of hydrogen-bond donors (Lipinski definition) is 1. The summed E-state index contributed by atoms with van der Waals surface area (Å²) in [7, 11) is 1.39. The van der Waals surface area contributed by atoms with Gasteiger partial charge in [-0.3, -0.25) is 0 Å². The summed E-state index contributed by atoms with van der Waals surface area (Å²) in [5.74, 6) is -0.752. The minimum Gasteiger partial charge on any atom is -0.494 e. The van der Waals surface area contributed by atoms with Gasteiger partial charge in [-0.2, -0.15) is 0 Å². The number of hydrogen-bond acceptors (Lipinski definition) is 2. The fourth-order valence-electron chi connectivity index (χ4n) is 1.96. The standard InChI is InChI=1S/C15H14ClF2NO/c1-20-15-5-3-10(6-13(15)18)14(19)7-9-2-4-11(16)8-12(9)17/h2-6,8,14H,7,19H2,1H3. The summed E-state index contributed by atoms with van der Waals surface area (Å²) in [5, 5.41) is 0.329. The van der Waals surface area contributed by atoms with Crippen LogP contribution in [0.1, 0.15) is 17.2 Å². The van der Waals surface area contributed by atoms with Gasteiger partial charge in [0.25, 0.3) is 0 Å². The quantitative estimate of drug-likeness (QED) is 0.930. The van der Waals surface area contributed by atoms with E-state index >= 15 is 0 Å². The molecule has 1 atom stereocenters. The first kappa shape index (κ1) is 14.8. The Hall–Kier alpha value is -1.65. The molecule has 0 spiro atoms. The van der Waals surface area contributed by atoms with Crippen molar-refractivity contribution in [3.63, 3.8) is 0 Å². The normalized spacial score (nSPS) is 12.2. The smallest absolute Gasteiger partial charge is 0.165 e. The van der Waals surface area contributed by atoms with Gasteiger partial charge in [0.15, 0.2) is 11.6 Å². The number of ether oxygens (including phenoxy) is 1. The lowest BCUT2D eigenvalue weighted by molar-refractivity contribution is 0.386. The predicted molar refractivity (Wildman–Crippen MR) is 75.0 cm³/mol. The summed E-state index contributed by atoms with van der Waals surface area (Å²) < 4.78 is 32.1. The summed E-state index contributed by atoms with van der Waals surface area (Å²) in [4.78, 5) is 0. The maximum atomic E-state index is 13.7. The van der Waals surface area contributed by atoms with Crippen molar-refractivity contribution in [1.82, 2.24) is 0 Å². The van der Waals surface area contributed by atoms with Crippen molar-refractivity contribution >= 4 is 11.6 Å². The molecule has 0 aliphatic rings. The van der Waals surface area contributed by atoms with Crippen LogP contribution in [0.15, 0.2) is 36.4 Å². The maximum Gasteiger partial charge on any atom is 0.165 e. The van der Waals surface area contributed by atoms with Crippen LogP contribution in [-0.2, 0) is 6.42 Å². The van der Waals surface area contributed by atoms with Crippen LogP contribution in [0, 0.1) is 11.6 Å². The first-order chi connectivity index (χ1) is 9.51. The van der Waals surface area contributed by atoms with E-state index in [1.807, 2.05) is 0 Å². The van der Waals surface area contributed by atoms with Crippen molar-refractivity contribution in [2.75, 3.05) is 7.11 Å². The van der Waals surface area contributed by atoms with E-state index in [1.165, 1.54) is 25.3 Å². The van der Waals surface area contributed by atoms with E-state index in [1.54, 1.807) is 18.2 Å². The van der Waals surface area contributed by atoms with Crippen LogP contribution >= 0.6 is 11.6 Å². The summed E-state index contributed by atoms with van der Waals surface area (Å²) in [6, 6.07) is 8.38. The highest BCUT2D eigenvalue weighted by Crippen LogP contribution is 2.24. The van der Waals surface area contributed by atoms with Crippen LogP contribution in [0.3, 0.4) is 0 Å². The minimum absolute atomic E-state index is 0.152. The molecular formula is C15H14ClF2NO. The number of benzene rings is 2. The zero-order chi connectivity index (χ0) is 14.7. The summed E-state index contributed by atoms with van der Waals surface area (Å²) >= 11 is 5.69. The van der Waals surface area contributed by atoms with E-state index in [4.69, 9.17) is 22.1 Å². The molecule has 2 rings (SSSR count). The second-order valence-electron chi connectivity index (χ2n) is 4.44. The van der Waals surface area contributed by atoms with Gasteiger partial charge in [-0.05, 0) is 41.8 Å². The summed E-state index contributed by atoms with van der Waals surface area (Å²) in [6.45, 7) is 0. The second kappa shape index (κ2) is 6.20. The SMILES string of the molecule is COc1ccc(C(N)Cc2ccc(Cl)cc2F)cc1F. The molecule has 106 valence electrons. The molecule has 0 heterocycles. The topological polar surface area (TPSA) is 35.2 Å². The first-order valence-electron chi connectivity index (χ1n) is 6.04. The lowest BCUT2D eigenvalue weighted by Gasteiger charge is -2.14. The molecule has 2 nitrogen and oxygen atoms in total. The average molecular weight is 298 g/mol.